The van der Waals surface area contributed by atoms with Crippen LogP contribution in [0.5, 0.6) is 0 Å². The van der Waals surface area contributed by atoms with Gasteiger partial charge >= 0.3 is 0 Å². The largest absolute Gasteiger partial charge is 0.205 e. The zero-order valence-corrected chi connectivity index (χ0v) is 8.06. The van der Waals surface area contributed by atoms with E-state index < -0.39 is 5.82 Å². The Morgan fingerprint density at radius 3 is 2.38 bits per heavy atom. The van der Waals surface area contributed by atoms with Crippen LogP contribution in [-0.2, 0) is 5.41 Å². The summed E-state index contributed by atoms with van der Waals surface area (Å²) in [7, 11) is 0. The molecular weight excluding hydrogens is 165 g/mol. The minimum atomic E-state index is -0.391. The average molecular weight is 177 g/mol. The molecule has 1 nitrogen and oxygen atoms in total. The molecule has 0 N–H and O–H groups in total. The summed E-state index contributed by atoms with van der Waals surface area (Å²) in [5.41, 5.74) is 0.454. The van der Waals surface area contributed by atoms with E-state index in [1.165, 1.54) is 6.07 Å². The van der Waals surface area contributed by atoms with Gasteiger partial charge in [0.1, 0.15) is 11.9 Å². The Labute approximate surface area is 77.8 Å². The van der Waals surface area contributed by atoms with Gasteiger partial charge in [-0.1, -0.05) is 32.9 Å². The highest BCUT2D eigenvalue weighted by molar-refractivity contribution is 5.37. The standard InChI is InChI=1S/C11H12FN/c1-11(2,3)9-6-4-5-8(7-13)10(9)12/h4-6H,1-3H3. The summed E-state index contributed by atoms with van der Waals surface area (Å²) in [5, 5.41) is 8.62. The summed E-state index contributed by atoms with van der Waals surface area (Å²) in [4.78, 5) is 0. The first-order valence-corrected chi connectivity index (χ1v) is 4.16. The fourth-order valence-corrected chi connectivity index (χ4v) is 1.20. The molecule has 1 aromatic carbocycles. The number of nitrogens with zero attached hydrogens (tertiary/aromatic N) is 1. The first-order chi connectivity index (χ1) is 5.96. The van der Waals surface area contributed by atoms with Crippen LogP contribution in [0.4, 0.5) is 4.39 Å². The van der Waals surface area contributed by atoms with Crippen LogP contribution in [0.25, 0.3) is 0 Å². The molecule has 0 atom stereocenters. The van der Waals surface area contributed by atoms with Crippen LogP contribution in [0.1, 0.15) is 31.9 Å². The lowest BCUT2D eigenvalue weighted by molar-refractivity contribution is 0.521. The monoisotopic (exact) mass is 177 g/mol. The van der Waals surface area contributed by atoms with Crippen molar-refractivity contribution < 1.29 is 4.39 Å². The van der Waals surface area contributed by atoms with E-state index in [9.17, 15) is 4.39 Å². The van der Waals surface area contributed by atoms with Crippen molar-refractivity contribution >= 4 is 0 Å². The van der Waals surface area contributed by atoms with E-state index >= 15 is 0 Å². The van der Waals surface area contributed by atoms with Crippen LogP contribution < -0.4 is 0 Å². The van der Waals surface area contributed by atoms with Gasteiger partial charge in [-0.2, -0.15) is 5.26 Å². The second-order valence-electron chi connectivity index (χ2n) is 4.03. The fraction of sp³-hybridized carbons (Fsp3) is 0.364. The van der Waals surface area contributed by atoms with Crippen LogP contribution in [0.3, 0.4) is 0 Å². The molecule has 0 radical (unpaired) electrons. The van der Waals surface area contributed by atoms with Gasteiger partial charge in [0.25, 0.3) is 0 Å². The maximum Gasteiger partial charge on any atom is 0.144 e. The molecule has 0 aliphatic carbocycles. The second kappa shape index (κ2) is 3.18. The Morgan fingerprint density at radius 1 is 1.31 bits per heavy atom. The summed E-state index contributed by atoms with van der Waals surface area (Å²) < 4.78 is 13.5. The van der Waals surface area contributed by atoms with Crippen molar-refractivity contribution in [1.29, 1.82) is 5.26 Å². The molecule has 1 aromatic rings. The van der Waals surface area contributed by atoms with Gasteiger partial charge < -0.3 is 0 Å². The zero-order chi connectivity index (χ0) is 10.1. The fourth-order valence-electron chi connectivity index (χ4n) is 1.20. The zero-order valence-electron chi connectivity index (χ0n) is 8.06. The summed E-state index contributed by atoms with van der Waals surface area (Å²) in [6.07, 6.45) is 0. The molecule has 0 heterocycles. The van der Waals surface area contributed by atoms with Crippen molar-refractivity contribution in [3.63, 3.8) is 0 Å². The highest BCUT2D eigenvalue weighted by Crippen LogP contribution is 2.26. The van der Waals surface area contributed by atoms with E-state index in [0.29, 0.717) is 5.56 Å². The highest BCUT2D eigenvalue weighted by Gasteiger charge is 2.19. The third kappa shape index (κ3) is 1.86. The third-order valence-corrected chi connectivity index (χ3v) is 1.93. The molecule has 68 valence electrons. The summed E-state index contributed by atoms with van der Waals surface area (Å²) in [5.74, 6) is -0.391. The number of halogens is 1. The second-order valence-corrected chi connectivity index (χ2v) is 4.03. The molecule has 0 saturated heterocycles. The van der Waals surface area contributed by atoms with Gasteiger partial charge in [-0.15, -0.1) is 0 Å². The predicted octanol–water partition coefficient (Wildman–Crippen LogP) is 2.99. The van der Waals surface area contributed by atoms with Gasteiger partial charge in [0.05, 0.1) is 5.56 Å². The molecule has 0 aliphatic heterocycles. The van der Waals surface area contributed by atoms with Crippen molar-refractivity contribution in [2.75, 3.05) is 0 Å². The predicted molar refractivity (Wildman–Crippen MR) is 49.8 cm³/mol. The van der Waals surface area contributed by atoms with E-state index in [2.05, 4.69) is 0 Å². The summed E-state index contributed by atoms with van der Waals surface area (Å²) >= 11 is 0. The Bertz CT molecular complexity index is 355. The minimum Gasteiger partial charge on any atom is -0.205 e. The van der Waals surface area contributed by atoms with Gasteiger partial charge in [-0.25, -0.2) is 4.39 Å². The van der Waals surface area contributed by atoms with Gasteiger partial charge in [0, 0.05) is 0 Å². The summed E-state index contributed by atoms with van der Waals surface area (Å²) in [6, 6.07) is 6.75. The lowest BCUT2D eigenvalue weighted by atomic mass is 9.86. The molecule has 0 fully saturated rings. The number of hydrogen-bond donors (Lipinski definition) is 0. The molecule has 13 heavy (non-hydrogen) atoms. The van der Waals surface area contributed by atoms with Crippen molar-refractivity contribution in [3.05, 3.63) is 35.1 Å². The highest BCUT2D eigenvalue weighted by atomic mass is 19.1. The number of benzene rings is 1. The van der Waals surface area contributed by atoms with E-state index in [1.807, 2.05) is 26.8 Å². The SMILES string of the molecule is CC(C)(C)c1cccc(C#N)c1F. The average Bonchev–Trinajstić information content (AvgIpc) is 2.02. The Hall–Kier alpha value is -1.36. The minimum absolute atomic E-state index is 0.118. The Kier molecular flexibility index (Phi) is 2.38. The number of rotatable bonds is 0. The number of hydrogen-bond acceptors (Lipinski definition) is 1. The maximum absolute atomic E-state index is 13.5. The topological polar surface area (TPSA) is 23.8 Å². The number of nitriles is 1. The quantitative estimate of drug-likeness (QED) is 0.597. The lowest BCUT2D eigenvalue weighted by Gasteiger charge is -2.19. The van der Waals surface area contributed by atoms with E-state index in [1.54, 1.807) is 12.1 Å². The molecule has 0 saturated carbocycles. The molecule has 1 rings (SSSR count). The maximum atomic E-state index is 13.5. The molecule has 2 heteroatoms. The first kappa shape index (κ1) is 9.73. The Morgan fingerprint density at radius 2 is 1.92 bits per heavy atom. The molecule has 0 aliphatic rings. The molecule has 0 bridgehead atoms. The third-order valence-electron chi connectivity index (χ3n) is 1.93. The van der Waals surface area contributed by atoms with E-state index in [4.69, 9.17) is 5.26 Å². The van der Waals surface area contributed by atoms with Crippen molar-refractivity contribution in [2.45, 2.75) is 26.2 Å². The first-order valence-electron chi connectivity index (χ1n) is 4.16. The molecule has 0 spiro atoms. The van der Waals surface area contributed by atoms with Gasteiger partial charge in [0.2, 0.25) is 0 Å². The Balaban J connectivity index is 3.34. The van der Waals surface area contributed by atoms with Gasteiger partial charge in [-0.3, -0.25) is 0 Å². The normalized spacial score (nSPS) is 11.0. The van der Waals surface area contributed by atoms with Crippen molar-refractivity contribution in [3.8, 4) is 6.07 Å². The summed E-state index contributed by atoms with van der Waals surface area (Å²) in [6.45, 7) is 5.77. The van der Waals surface area contributed by atoms with Crippen LogP contribution in [-0.4, -0.2) is 0 Å². The van der Waals surface area contributed by atoms with Gasteiger partial charge in [0.15, 0.2) is 0 Å². The van der Waals surface area contributed by atoms with E-state index in [-0.39, 0.29) is 11.0 Å². The lowest BCUT2D eigenvalue weighted by Crippen LogP contribution is -2.14. The van der Waals surface area contributed by atoms with Gasteiger partial charge in [-0.05, 0) is 17.0 Å². The smallest absolute Gasteiger partial charge is 0.144 e. The van der Waals surface area contributed by atoms with Crippen LogP contribution >= 0.6 is 0 Å². The van der Waals surface area contributed by atoms with Crippen LogP contribution in [0, 0.1) is 17.1 Å². The molecular formula is C11H12FN. The molecule has 0 unspecified atom stereocenters. The van der Waals surface area contributed by atoms with Crippen LogP contribution in [0.2, 0.25) is 0 Å². The molecule has 0 aromatic heterocycles. The van der Waals surface area contributed by atoms with E-state index in [0.717, 1.165) is 0 Å². The van der Waals surface area contributed by atoms with Crippen molar-refractivity contribution in [2.24, 2.45) is 0 Å². The van der Waals surface area contributed by atoms with Crippen LogP contribution in [0.15, 0.2) is 18.2 Å². The van der Waals surface area contributed by atoms with Crippen molar-refractivity contribution in [1.82, 2.24) is 0 Å². The molecule has 0 amide bonds.